The quantitative estimate of drug-likeness (QED) is 0.696. The van der Waals surface area contributed by atoms with Crippen LogP contribution in [0.4, 0.5) is 0 Å². The topological polar surface area (TPSA) is 46.5 Å². The molecule has 0 amide bonds. The van der Waals surface area contributed by atoms with E-state index in [0.717, 1.165) is 25.7 Å². The molecule has 0 aromatic carbocycles. The summed E-state index contributed by atoms with van der Waals surface area (Å²) in [5, 5.41) is 8.86. The fraction of sp³-hybridized carbons (Fsp3) is 0.909. The third-order valence-corrected chi connectivity index (χ3v) is 2.64. The molecule has 84 valence electrons. The summed E-state index contributed by atoms with van der Waals surface area (Å²) in [6.07, 6.45) is 3.66. The summed E-state index contributed by atoms with van der Waals surface area (Å²) in [6, 6.07) is 0. The lowest BCUT2D eigenvalue weighted by Gasteiger charge is -2.25. The second kappa shape index (κ2) is 7.80. The van der Waals surface area contributed by atoms with Crippen molar-refractivity contribution in [3.63, 3.8) is 0 Å². The molecule has 1 aliphatic carbocycles. The van der Waals surface area contributed by atoms with Crippen molar-refractivity contribution in [3.05, 3.63) is 0 Å². The van der Waals surface area contributed by atoms with Crippen molar-refractivity contribution in [3.8, 4) is 0 Å². The maximum Gasteiger partial charge on any atom is 0.308 e. The van der Waals surface area contributed by atoms with E-state index < -0.39 is 0 Å². The zero-order valence-electron chi connectivity index (χ0n) is 9.45. The largest absolute Gasteiger partial charge is 0.469 e. The van der Waals surface area contributed by atoms with Gasteiger partial charge < -0.3 is 9.84 Å². The lowest BCUT2D eigenvalue weighted by atomic mass is 9.82. The van der Waals surface area contributed by atoms with Crippen molar-refractivity contribution in [2.45, 2.75) is 39.5 Å². The highest BCUT2D eigenvalue weighted by Crippen LogP contribution is 2.28. The summed E-state index contributed by atoms with van der Waals surface area (Å²) in [7, 11) is 1.43. The van der Waals surface area contributed by atoms with Crippen molar-refractivity contribution in [2.24, 2.45) is 11.8 Å². The van der Waals surface area contributed by atoms with E-state index >= 15 is 0 Å². The number of hydrogen-bond donors (Lipinski definition) is 1. The Balaban J connectivity index is 0.000000791. The summed E-state index contributed by atoms with van der Waals surface area (Å²) >= 11 is 0. The summed E-state index contributed by atoms with van der Waals surface area (Å²) in [4.78, 5) is 11.1. The van der Waals surface area contributed by atoms with Crippen LogP contribution in [0.2, 0.25) is 0 Å². The van der Waals surface area contributed by atoms with Gasteiger partial charge in [-0.05, 0) is 31.6 Å². The van der Waals surface area contributed by atoms with Gasteiger partial charge in [-0.15, -0.1) is 0 Å². The molecule has 1 aliphatic rings. The van der Waals surface area contributed by atoms with Crippen LogP contribution in [-0.2, 0) is 9.53 Å². The first kappa shape index (κ1) is 13.4. The van der Waals surface area contributed by atoms with Crippen LogP contribution in [-0.4, -0.2) is 24.8 Å². The molecule has 1 saturated carbocycles. The minimum Gasteiger partial charge on any atom is -0.469 e. The van der Waals surface area contributed by atoms with Gasteiger partial charge in [0.1, 0.15) is 0 Å². The lowest BCUT2D eigenvalue weighted by molar-refractivity contribution is -0.146. The third-order valence-electron chi connectivity index (χ3n) is 2.64. The fourth-order valence-electron chi connectivity index (χ4n) is 1.75. The minimum absolute atomic E-state index is 0.0813. The van der Waals surface area contributed by atoms with Crippen LogP contribution >= 0.6 is 0 Å². The number of aliphatic hydroxyl groups is 1. The normalized spacial score (nSPS) is 26.0. The van der Waals surface area contributed by atoms with Crippen molar-refractivity contribution in [1.82, 2.24) is 0 Å². The monoisotopic (exact) mass is 202 g/mol. The highest BCUT2D eigenvalue weighted by Gasteiger charge is 2.26. The van der Waals surface area contributed by atoms with E-state index in [1.54, 1.807) is 0 Å². The Morgan fingerprint density at radius 1 is 1.29 bits per heavy atom. The second-order valence-corrected chi connectivity index (χ2v) is 3.42. The second-order valence-electron chi connectivity index (χ2n) is 3.42. The van der Waals surface area contributed by atoms with E-state index in [9.17, 15) is 4.79 Å². The highest BCUT2D eigenvalue weighted by molar-refractivity contribution is 5.72. The van der Waals surface area contributed by atoms with E-state index in [1.807, 2.05) is 13.8 Å². The number of hydrogen-bond acceptors (Lipinski definition) is 3. The van der Waals surface area contributed by atoms with Gasteiger partial charge in [0.2, 0.25) is 0 Å². The molecule has 0 saturated heterocycles. The van der Waals surface area contributed by atoms with Crippen molar-refractivity contribution in [2.75, 3.05) is 13.7 Å². The maximum atomic E-state index is 11.1. The Kier molecular flexibility index (Phi) is 7.48. The van der Waals surface area contributed by atoms with E-state index in [0.29, 0.717) is 5.92 Å². The van der Waals surface area contributed by atoms with E-state index in [1.165, 1.54) is 7.11 Å². The molecule has 14 heavy (non-hydrogen) atoms. The summed E-state index contributed by atoms with van der Waals surface area (Å²) in [6.45, 7) is 4.26. The van der Waals surface area contributed by atoms with Crippen LogP contribution in [0.5, 0.6) is 0 Å². The summed E-state index contributed by atoms with van der Waals surface area (Å²) in [5.41, 5.74) is 0. The summed E-state index contributed by atoms with van der Waals surface area (Å²) < 4.78 is 4.66. The van der Waals surface area contributed by atoms with E-state index in [4.69, 9.17) is 5.11 Å². The molecule has 1 fully saturated rings. The molecule has 3 heteroatoms. The predicted molar refractivity (Wildman–Crippen MR) is 55.9 cm³/mol. The van der Waals surface area contributed by atoms with Crippen molar-refractivity contribution >= 4 is 5.97 Å². The Morgan fingerprint density at radius 3 is 2.14 bits per heavy atom. The molecule has 0 unspecified atom stereocenters. The number of esters is 1. The zero-order valence-corrected chi connectivity index (χ0v) is 9.45. The number of rotatable bonds is 2. The molecule has 0 atom stereocenters. The van der Waals surface area contributed by atoms with Gasteiger partial charge in [0.15, 0.2) is 0 Å². The lowest BCUT2D eigenvalue weighted by Crippen LogP contribution is -2.24. The van der Waals surface area contributed by atoms with E-state index in [2.05, 4.69) is 4.74 Å². The van der Waals surface area contributed by atoms with Crippen LogP contribution in [0.15, 0.2) is 0 Å². The van der Waals surface area contributed by atoms with Gasteiger partial charge in [-0.2, -0.15) is 0 Å². The Labute approximate surface area is 86.5 Å². The summed E-state index contributed by atoms with van der Waals surface area (Å²) in [5.74, 6) is 0.398. The van der Waals surface area contributed by atoms with Gasteiger partial charge >= 0.3 is 5.97 Å². The Hall–Kier alpha value is -0.570. The molecule has 0 radical (unpaired) electrons. The zero-order chi connectivity index (χ0) is 11.0. The smallest absolute Gasteiger partial charge is 0.308 e. The third kappa shape index (κ3) is 4.09. The number of ether oxygens (including phenoxy) is 1. The Morgan fingerprint density at radius 2 is 1.79 bits per heavy atom. The van der Waals surface area contributed by atoms with Gasteiger partial charge in [-0.1, -0.05) is 13.8 Å². The molecule has 0 aliphatic heterocycles. The van der Waals surface area contributed by atoms with Crippen LogP contribution in [0.25, 0.3) is 0 Å². The molecule has 0 spiro atoms. The average Bonchev–Trinajstić information content (AvgIpc) is 2.31. The highest BCUT2D eigenvalue weighted by atomic mass is 16.5. The Bertz CT molecular complexity index is 149. The first-order chi connectivity index (χ1) is 6.77. The maximum absolute atomic E-state index is 11.1. The van der Waals surface area contributed by atoms with Crippen LogP contribution in [0.1, 0.15) is 39.5 Å². The van der Waals surface area contributed by atoms with Gasteiger partial charge in [0.25, 0.3) is 0 Å². The number of carbonyl (C=O) groups excluding carboxylic acids is 1. The van der Waals surface area contributed by atoms with Crippen molar-refractivity contribution < 1.29 is 14.6 Å². The standard InChI is InChI=1S/C9H16O3.C2H6/c1-12-9(11)8-4-2-7(6-10)3-5-8;1-2/h7-8,10H,2-6H2,1H3;1-2H3. The van der Waals surface area contributed by atoms with Gasteiger partial charge in [-0.3, -0.25) is 4.79 Å². The van der Waals surface area contributed by atoms with Gasteiger partial charge in [0.05, 0.1) is 13.0 Å². The molecule has 1 rings (SSSR count). The SMILES string of the molecule is CC.COC(=O)C1CCC(CO)CC1. The fourth-order valence-corrected chi connectivity index (χ4v) is 1.75. The van der Waals surface area contributed by atoms with E-state index in [-0.39, 0.29) is 18.5 Å². The number of methoxy groups -OCH3 is 1. The first-order valence-electron chi connectivity index (χ1n) is 5.46. The molecule has 0 heterocycles. The minimum atomic E-state index is -0.0913. The molecular weight excluding hydrogens is 180 g/mol. The molecule has 0 bridgehead atoms. The first-order valence-corrected chi connectivity index (χ1v) is 5.46. The van der Waals surface area contributed by atoms with Gasteiger partial charge in [-0.25, -0.2) is 0 Å². The van der Waals surface area contributed by atoms with Crippen molar-refractivity contribution in [1.29, 1.82) is 0 Å². The predicted octanol–water partition coefficient (Wildman–Crippen LogP) is 1.98. The van der Waals surface area contributed by atoms with Crippen LogP contribution in [0.3, 0.4) is 0 Å². The molecule has 1 N–H and O–H groups in total. The van der Waals surface area contributed by atoms with Gasteiger partial charge in [0, 0.05) is 6.61 Å². The molecule has 0 aromatic rings. The molecule has 0 aromatic heterocycles. The number of aliphatic hydroxyl groups excluding tert-OH is 1. The number of carbonyl (C=O) groups is 1. The van der Waals surface area contributed by atoms with Crippen LogP contribution in [0, 0.1) is 11.8 Å². The molecular formula is C11H22O3. The van der Waals surface area contributed by atoms with Crippen LogP contribution < -0.4 is 0 Å². The molecule has 3 nitrogen and oxygen atoms in total. The average molecular weight is 202 g/mol.